The van der Waals surface area contributed by atoms with Crippen LogP contribution in [0.1, 0.15) is 44.9 Å². The molecule has 0 aliphatic heterocycles. The fourth-order valence-corrected chi connectivity index (χ4v) is 1.36. The van der Waals surface area contributed by atoms with E-state index in [4.69, 9.17) is 5.73 Å². The lowest BCUT2D eigenvalue weighted by Crippen LogP contribution is -2.10. The van der Waals surface area contributed by atoms with Crippen molar-refractivity contribution in [3.63, 3.8) is 0 Å². The van der Waals surface area contributed by atoms with E-state index in [-0.39, 0.29) is 14.9 Å². The largest absolute Gasteiger partial charge is 0.324 e. The van der Waals surface area contributed by atoms with Gasteiger partial charge in [-0.05, 0) is 12.8 Å². The summed E-state index contributed by atoms with van der Waals surface area (Å²) in [5, 5.41) is 0. The van der Waals surface area contributed by atoms with Crippen molar-refractivity contribution in [3.05, 3.63) is 20.9 Å². The summed E-state index contributed by atoms with van der Waals surface area (Å²) in [6.45, 7) is 0. The van der Waals surface area contributed by atoms with Crippen LogP contribution in [0.4, 0.5) is 0 Å². The molecule has 0 aromatic carbocycles. The first-order valence-corrected chi connectivity index (χ1v) is 4.00. The molecule has 0 heterocycles. The topological polar surface area (TPSA) is 26.0 Å². The lowest BCUT2D eigenvalue weighted by Gasteiger charge is -2.13. The Hall–Kier alpha value is -0.0400. The summed E-state index contributed by atoms with van der Waals surface area (Å²) in [6, 6.07) is 1.23. The van der Waals surface area contributed by atoms with Crippen molar-refractivity contribution in [3.8, 4) is 0 Å². The molecule has 2 N–H and O–H groups in total. The average molecular weight is 154 g/mol. The Bertz CT molecular complexity index is 63.3. The van der Waals surface area contributed by atoms with E-state index in [2.05, 4.69) is 0 Å². The second-order valence-electron chi connectivity index (χ2n) is 2.93. The predicted molar refractivity (Wildman–Crippen MR) is 50.5 cm³/mol. The minimum absolute atomic E-state index is 0. The summed E-state index contributed by atoms with van der Waals surface area (Å²) < 4.78 is 0. The van der Waals surface area contributed by atoms with Crippen LogP contribution >= 0.6 is 0 Å². The van der Waals surface area contributed by atoms with Gasteiger partial charge in [-0.3, -0.25) is 0 Å². The highest BCUT2D eigenvalue weighted by molar-refractivity contribution is 4.82. The van der Waals surface area contributed by atoms with Gasteiger partial charge >= 0.3 is 0 Å². The van der Waals surface area contributed by atoms with Gasteiger partial charge in [-0.15, -0.1) is 0 Å². The molecule has 0 saturated heterocycles. The minimum Gasteiger partial charge on any atom is -0.324 e. The van der Waals surface area contributed by atoms with Crippen molar-refractivity contribution >= 4 is 0 Å². The molecule has 0 spiro atoms. The first kappa shape index (κ1) is 13.5. The van der Waals surface area contributed by atoms with Crippen molar-refractivity contribution in [1.82, 2.24) is 0 Å². The lowest BCUT2D eigenvalue weighted by atomic mass is 9.98. The fourth-order valence-electron chi connectivity index (χ4n) is 1.36. The highest BCUT2D eigenvalue weighted by Gasteiger charge is 2.05. The Labute approximate surface area is 72.4 Å². The first-order valence-electron chi connectivity index (χ1n) is 4.00. The second kappa shape index (κ2) is 8.06. The Morgan fingerprint density at radius 3 is 1.55 bits per heavy atom. The van der Waals surface area contributed by atoms with E-state index >= 15 is 0 Å². The quantitative estimate of drug-likeness (QED) is 0.570. The summed E-state index contributed by atoms with van der Waals surface area (Å²) in [7, 11) is 0. The zero-order valence-electron chi connectivity index (χ0n) is 7.44. The normalized spacial score (nSPS) is 20.5. The molecule has 1 rings (SSSR count). The molecule has 1 nitrogen and oxygen atoms in total. The molecule has 0 unspecified atom stereocenters. The second-order valence-corrected chi connectivity index (χ2v) is 2.93. The van der Waals surface area contributed by atoms with E-state index < -0.39 is 0 Å². The summed E-state index contributed by atoms with van der Waals surface area (Å²) >= 11 is 0. The van der Waals surface area contributed by atoms with Gasteiger partial charge in [-0.25, -0.2) is 0 Å². The average Bonchev–Trinajstić information content (AvgIpc) is 1.79. The number of hydrogen-bond acceptors (Lipinski definition) is 1. The van der Waals surface area contributed by atoms with Gasteiger partial charge in [0, 0.05) is 6.04 Å². The van der Waals surface area contributed by atoms with Gasteiger partial charge in [0.05, 0.1) is 0 Å². The fraction of sp³-hybridized carbons (Fsp3) is 0.700. The monoisotopic (exact) mass is 154 g/mol. The van der Waals surface area contributed by atoms with E-state index in [9.17, 15) is 0 Å². The van der Waals surface area contributed by atoms with Crippen LogP contribution in [0.15, 0.2) is 0 Å². The molecule has 65 valence electrons. The molecule has 1 aliphatic rings. The Balaban J connectivity index is 0. The molecular weight excluding hydrogens is 134 g/mol. The van der Waals surface area contributed by atoms with Crippen LogP contribution < -0.4 is 5.73 Å². The molecule has 0 aromatic heterocycles. The number of hydrogen-bond donors (Lipinski definition) is 1. The zero-order valence-corrected chi connectivity index (χ0v) is 7.44. The molecule has 1 saturated carbocycles. The smallest absolute Gasteiger partial charge is 0.0336 e. The number of rotatable bonds is 0. The van der Waals surface area contributed by atoms with Crippen LogP contribution in [0, 0.1) is 20.9 Å². The van der Waals surface area contributed by atoms with Crippen molar-refractivity contribution < 1.29 is 0 Å². The van der Waals surface area contributed by atoms with Crippen LogP contribution in [0.2, 0.25) is 0 Å². The van der Waals surface area contributed by atoms with E-state index in [0.29, 0.717) is 0 Å². The Morgan fingerprint density at radius 2 is 1.09 bits per heavy atom. The molecule has 0 bridgehead atoms. The highest BCUT2D eigenvalue weighted by Crippen LogP contribution is 2.19. The van der Waals surface area contributed by atoms with Crippen LogP contribution in [-0.2, 0) is 0 Å². The molecule has 0 atom stereocenters. The van der Waals surface area contributed by atoms with E-state index in [0.717, 1.165) is 0 Å². The highest BCUT2D eigenvalue weighted by atomic mass is 14.6. The van der Waals surface area contributed by atoms with Gasteiger partial charge in [0.15, 0.2) is 0 Å². The minimum atomic E-state index is 0. The van der Waals surface area contributed by atoms with Crippen molar-refractivity contribution in [2.24, 2.45) is 5.73 Å². The van der Waals surface area contributed by atoms with E-state index in [1.165, 1.54) is 51.0 Å². The lowest BCUT2D eigenvalue weighted by molar-refractivity contribution is 0.523. The Kier molecular flexibility index (Phi) is 9.92. The summed E-state index contributed by atoms with van der Waals surface area (Å²) in [6.07, 6.45) is 9.21. The Morgan fingerprint density at radius 1 is 0.727 bits per heavy atom. The van der Waals surface area contributed by atoms with Gasteiger partial charge in [0.1, 0.15) is 0 Å². The van der Waals surface area contributed by atoms with Gasteiger partial charge in [0.2, 0.25) is 0 Å². The maximum absolute atomic E-state index is 5.72. The standard InChI is InChI=1S/C8H16N.2CH2/c9-8-6-4-2-1-3-5-7-8;;/h1-7,9H2;2*1H2. The third-order valence-corrected chi connectivity index (χ3v) is 2.00. The van der Waals surface area contributed by atoms with Crippen LogP contribution in [0.5, 0.6) is 0 Å². The third-order valence-electron chi connectivity index (χ3n) is 2.00. The maximum Gasteiger partial charge on any atom is 0.0336 e. The molecule has 0 amide bonds. The van der Waals surface area contributed by atoms with Crippen molar-refractivity contribution in [2.75, 3.05) is 0 Å². The molecule has 11 heavy (non-hydrogen) atoms. The summed E-state index contributed by atoms with van der Waals surface area (Å²) in [5.74, 6) is 0. The molecule has 0 aromatic rings. The summed E-state index contributed by atoms with van der Waals surface area (Å²) in [4.78, 5) is 0. The number of nitrogens with two attached hydrogens (primary N) is 1. The first-order chi connectivity index (χ1) is 4.39. The molecule has 1 fully saturated rings. The molecule has 1 aliphatic carbocycles. The summed E-state index contributed by atoms with van der Waals surface area (Å²) in [5.41, 5.74) is 5.72. The predicted octanol–water partition coefficient (Wildman–Crippen LogP) is 2.88. The molecule has 5 radical (unpaired) electrons. The SMILES string of the molecule is N[C]1CCCCCCC1.[CH2].[CH2]. The van der Waals surface area contributed by atoms with Crippen LogP contribution in [-0.4, -0.2) is 0 Å². The van der Waals surface area contributed by atoms with E-state index in [1.54, 1.807) is 0 Å². The van der Waals surface area contributed by atoms with E-state index in [1.807, 2.05) is 0 Å². The third kappa shape index (κ3) is 6.36. The van der Waals surface area contributed by atoms with Crippen LogP contribution in [0.25, 0.3) is 0 Å². The maximum atomic E-state index is 5.72. The van der Waals surface area contributed by atoms with Crippen LogP contribution in [0.3, 0.4) is 0 Å². The molecule has 1 heteroatoms. The van der Waals surface area contributed by atoms with Gasteiger partial charge in [-0.2, -0.15) is 0 Å². The van der Waals surface area contributed by atoms with Gasteiger partial charge in [0.25, 0.3) is 0 Å². The van der Waals surface area contributed by atoms with Crippen molar-refractivity contribution in [2.45, 2.75) is 44.9 Å². The van der Waals surface area contributed by atoms with Crippen molar-refractivity contribution in [1.29, 1.82) is 0 Å². The molecular formula is C10H20N. The zero-order chi connectivity index (χ0) is 6.53. The van der Waals surface area contributed by atoms with Gasteiger partial charge in [-0.1, -0.05) is 47.0 Å². The van der Waals surface area contributed by atoms with Gasteiger partial charge < -0.3 is 5.73 Å².